The Morgan fingerprint density at radius 1 is 0.744 bits per heavy atom. The number of hydrogen-bond donors (Lipinski definition) is 2. The van der Waals surface area contributed by atoms with E-state index in [0.717, 1.165) is 52.2 Å². The predicted octanol–water partition coefficient (Wildman–Crippen LogP) is 14.7. The Bertz CT molecular complexity index is 3330. The molecule has 5 aromatic carbocycles. The van der Waals surface area contributed by atoms with Crippen LogP contribution in [0.5, 0.6) is 0 Å². The fourth-order valence-corrected chi connectivity index (χ4v) is 16.2. The molecule has 2 aliphatic heterocycles. The maximum Gasteiger partial charge on any atom is 0.501 e. The Kier molecular flexibility index (Phi) is 22.7. The molecule has 2 fully saturated rings. The van der Waals surface area contributed by atoms with Crippen molar-refractivity contribution >= 4 is 76.6 Å². The highest BCUT2D eigenvalue weighted by molar-refractivity contribution is 7.99. The van der Waals surface area contributed by atoms with Crippen LogP contribution in [0.2, 0.25) is 23.2 Å². The zero-order valence-electron chi connectivity index (χ0n) is 51.1. The fourth-order valence-electron chi connectivity index (χ4n) is 9.93. The summed E-state index contributed by atoms with van der Waals surface area (Å²) in [5, 5.41) is 3.65. The van der Waals surface area contributed by atoms with Gasteiger partial charge in [0.25, 0.3) is 25.8 Å². The lowest BCUT2D eigenvalue weighted by Crippen LogP contribution is -2.48. The normalized spacial score (nSPS) is 16.7. The number of halogens is 4. The van der Waals surface area contributed by atoms with Gasteiger partial charge >= 0.3 is 13.3 Å². The zero-order chi connectivity index (χ0) is 63.1. The van der Waals surface area contributed by atoms with E-state index < -0.39 is 80.1 Å². The molecule has 2 atom stereocenters. The van der Waals surface area contributed by atoms with Crippen LogP contribution in [0.4, 0.5) is 24.5 Å². The Balaban J connectivity index is 1.02. The molecule has 0 bridgehead atoms. The molecule has 5 aromatic rings. The van der Waals surface area contributed by atoms with E-state index in [1.165, 1.54) is 23.9 Å². The number of alkyl halides is 3. The van der Waals surface area contributed by atoms with E-state index in [1.807, 2.05) is 71.5 Å². The summed E-state index contributed by atoms with van der Waals surface area (Å²) < 4.78 is 138. The first kappa shape index (κ1) is 69.2. The van der Waals surface area contributed by atoms with E-state index in [4.69, 9.17) is 29.6 Å². The molecule has 15 nitrogen and oxygen atoms in total. The predicted molar refractivity (Wildman–Crippen MR) is 341 cm³/mol. The summed E-state index contributed by atoms with van der Waals surface area (Å²) in [6, 6.07) is 33.7. The smallest absolute Gasteiger partial charge is 0.501 e. The number of anilines is 2. The second-order valence-electron chi connectivity index (χ2n) is 25.4. The second kappa shape index (κ2) is 28.3. The number of amides is 1. The molecule has 2 saturated heterocycles. The molecular weight excluding hydrogens is 1220 g/mol. The highest BCUT2D eigenvalue weighted by Gasteiger charge is 2.49. The first-order chi connectivity index (χ1) is 40.0. The number of carbonyl (C=O) groups excluding carboxylic acids is 1. The third kappa shape index (κ3) is 19.1. The van der Waals surface area contributed by atoms with Crippen molar-refractivity contribution in [3.63, 3.8) is 0 Å². The monoisotopic (exact) mass is 1310 g/mol. The van der Waals surface area contributed by atoms with E-state index >= 15 is 0 Å². The lowest BCUT2D eigenvalue weighted by atomic mass is 9.84. The Morgan fingerprint density at radius 3 is 1.88 bits per heavy atom. The number of rotatable bonds is 24. The zero-order valence-corrected chi connectivity index (χ0v) is 56.2. The maximum atomic E-state index is 14.5. The summed E-state index contributed by atoms with van der Waals surface area (Å²) in [5.74, 6) is -0.574. The summed E-state index contributed by atoms with van der Waals surface area (Å²) in [7, 11) is -17.3. The van der Waals surface area contributed by atoms with Crippen molar-refractivity contribution in [2.45, 2.75) is 143 Å². The van der Waals surface area contributed by atoms with Gasteiger partial charge in [-0.15, -0.1) is 29.9 Å². The molecule has 0 radical (unpaired) electrons. The molecule has 1 amide bonds. The molecule has 2 heterocycles. The van der Waals surface area contributed by atoms with Crippen LogP contribution in [0.3, 0.4) is 0 Å². The quantitative estimate of drug-likeness (QED) is 0.0339. The van der Waals surface area contributed by atoms with Crippen molar-refractivity contribution in [2.75, 3.05) is 74.9 Å². The van der Waals surface area contributed by atoms with E-state index in [0.29, 0.717) is 75.6 Å². The van der Waals surface area contributed by atoms with Gasteiger partial charge in [-0.3, -0.25) is 23.3 Å². The van der Waals surface area contributed by atoms with Gasteiger partial charge in [-0.25, -0.2) is 26.1 Å². The first-order valence-corrected chi connectivity index (χ1v) is 37.7. The summed E-state index contributed by atoms with van der Waals surface area (Å²) >= 11 is 7.71. The van der Waals surface area contributed by atoms with Gasteiger partial charge in [0, 0.05) is 91.4 Å². The highest BCUT2D eigenvalue weighted by atomic mass is 35.5. The molecule has 2 N–H and O–H groups in total. The van der Waals surface area contributed by atoms with E-state index in [2.05, 4.69) is 66.0 Å². The number of thioether (sulfide) groups is 1. The van der Waals surface area contributed by atoms with E-state index in [1.54, 1.807) is 53.7 Å². The van der Waals surface area contributed by atoms with Gasteiger partial charge in [-0.1, -0.05) is 87.0 Å². The highest BCUT2D eigenvalue weighted by Crippen LogP contribution is 2.55. The molecule has 0 saturated carbocycles. The van der Waals surface area contributed by atoms with Crippen LogP contribution in [-0.4, -0.2) is 128 Å². The van der Waals surface area contributed by atoms with Gasteiger partial charge in [0.1, 0.15) is 4.90 Å². The third-order valence-corrected chi connectivity index (χ3v) is 26.2. The molecule has 473 valence electrons. The summed E-state index contributed by atoms with van der Waals surface area (Å²) in [6.07, 6.45) is 1.79. The van der Waals surface area contributed by atoms with Crippen molar-refractivity contribution in [3.05, 3.63) is 137 Å². The van der Waals surface area contributed by atoms with Crippen LogP contribution >= 0.6 is 31.2 Å². The van der Waals surface area contributed by atoms with Crippen LogP contribution in [0, 0.1) is 5.92 Å². The number of sulfonamides is 1. The number of carbonyl (C=O) groups is 1. The average molecular weight is 1310 g/mol. The Morgan fingerprint density at radius 2 is 1.31 bits per heavy atom. The van der Waals surface area contributed by atoms with Gasteiger partial charge in [-0.05, 0) is 158 Å². The van der Waals surface area contributed by atoms with Gasteiger partial charge in [0.2, 0.25) is 0 Å². The fraction of sp³-hybridized carbons (Fsp3) is 0.500. The van der Waals surface area contributed by atoms with Crippen molar-refractivity contribution in [3.8, 4) is 11.1 Å². The van der Waals surface area contributed by atoms with Crippen LogP contribution < -0.4 is 14.9 Å². The molecule has 0 aliphatic carbocycles. The lowest BCUT2D eigenvalue weighted by molar-refractivity contribution is -0.0436. The Hall–Kier alpha value is -4.29. The summed E-state index contributed by atoms with van der Waals surface area (Å²) in [5.41, 5.74) is -3.78. The molecule has 2 aliphatic rings. The molecule has 7 rings (SSSR count). The number of piperidine rings is 1. The number of phosphoric ester groups is 1. The van der Waals surface area contributed by atoms with Crippen LogP contribution in [0.25, 0.3) is 11.1 Å². The number of phosphoric acid groups is 1. The maximum absolute atomic E-state index is 14.5. The SMILES string of the molecule is CC(C)(C)OP(=O)(OCCN1CCN(CC[C@H](CSc2ccccc2)Nc2ccc(S(=O)(=O)NC(=O)c3ccc(N4CCC([C@@H](O[Si-](C)(C)C(C)(C)C)c5ccccc5-c5ccc(Cl)cc5)CC4)cc3)cc2S(=O)(=O)C(F)(F)F)CC1)OC(C)(C)C. The summed E-state index contributed by atoms with van der Waals surface area (Å²) in [4.78, 5) is 18.9. The van der Waals surface area contributed by atoms with Crippen LogP contribution in [0.1, 0.15) is 104 Å². The topological polar surface area (TPSA) is 173 Å². The number of benzene rings is 5. The number of hydrogen-bond acceptors (Lipinski definition) is 15. The standard InChI is InChI=1S/C62H84ClF3N5O10PS3Si/c1-59(2,3)80-82(73,81-60(4,5)6)78-42-41-70-39-37-69(38-40-70)34-33-49(44-83-51-17-13-12-14-18-51)67-55-30-29-52(43-56(55)84(74,75)62(64,65)66)85(76,77)68-58(72)47-23-27-50(28-24-47)71-35-31-46(32-36-71)57(79-86(10,11)61(7,8)9)54-20-16-15-19-53(54)45-21-25-48(63)26-22-45/h12-30,43,46,49,57,67H,31-42,44H2,1-11H3,(H,68,72)/q-1/t49-,57-/m1/s1. The van der Waals surface area contributed by atoms with Crippen LogP contribution in [-0.2, 0) is 42.4 Å². The summed E-state index contributed by atoms with van der Waals surface area (Å²) in [6.45, 7) is 26.7. The molecule has 24 heteroatoms. The minimum absolute atomic E-state index is 0.0376. The second-order valence-corrected chi connectivity index (χ2v) is 36.8. The average Bonchev–Trinajstić information content (AvgIpc) is 0.846. The van der Waals surface area contributed by atoms with Gasteiger partial charge in [0.15, 0.2) is 0 Å². The lowest BCUT2D eigenvalue weighted by Gasteiger charge is -2.53. The number of sulfone groups is 1. The first-order valence-electron chi connectivity index (χ1n) is 29.0. The van der Waals surface area contributed by atoms with Gasteiger partial charge in [-0.2, -0.15) is 13.2 Å². The van der Waals surface area contributed by atoms with Crippen molar-refractivity contribution in [2.24, 2.45) is 5.92 Å². The molecule has 0 unspecified atom stereocenters. The minimum Gasteiger partial charge on any atom is -0.559 e. The molecule has 86 heavy (non-hydrogen) atoms. The molecule has 0 aromatic heterocycles. The van der Waals surface area contributed by atoms with Crippen LogP contribution in [0.15, 0.2) is 136 Å². The van der Waals surface area contributed by atoms with Crippen molar-refractivity contribution < 1.29 is 57.4 Å². The number of nitrogens with zero attached hydrogens (tertiary/aromatic N) is 3. The minimum atomic E-state index is -6.15. The van der Waals surface area contributed by atoms with Gasteiger partial charge < -0.3 is 19.5 Å². The molecular formula is C62H84ClF3N5O10PS3Si-. The largest absolute Gasteiger partial charge is 0.559 e. The van der Waals surface area contributed by atoms with Gasteiger partial charge in [0.05, 0.1) is 28.4 Å². The number of piperazine rings is 1. The van der Waals surface area contributed by atoms with Crippen molar-refractivity contribution in [1.29, 1.82) is 0 Å². The number of nitrogens with one attached hydrogen (secondary N) is 2. The molecule has 0 spiro atoms. The van der Waals surface area contributed by atoms with Crippen molar-refractivity contribution in [1.82, 2.24) is 14.5 Å². The van der Waals surface area contributed by atoms with E-state index in [-0.39, 0.29) is 29.2 Å². The third-order valence-electron chi connectivity index (χ3n) is 15.4. The van der Waals surface area contributed by atoms with E-state index in [9.17, 15) is 39.4 Å². The Labute approximate surface area is 518 Å².